The third kappa shape index (κ3) is 4.37. The molecule has 0 aliphatic rings. The summed E-state index contributed by atoms with van der Waals surface area (Å²) in [5.74, 6) is -0.193. The Balaban J connectivity index is 2.95. The predicted molar refractivity (Wildman–Crippen MR) is 80.2 cm³/mol. The number of methoxy groups -OCH3 is 1. The van der Waals surface area contributed by atoms with Crippen molar-refractivity contribution in [2.75, 3.05) is 26.0 Å². The summed E-state index contributed by atoms with van der Waals surface area (Å²) in [7, 11) is 1.51. The van der Waals surface area contributed by atoms with Crippen molar-refractivity contribution >= 4 is 17.6 Å². The molecule has 0 aliphatic heterocycles. The minimum atomic E-state index is -0.430. The van der Waals surface area contributed by atoms with Crippen LogP contribution in [0.25, 0.3) is 0 Å². The molecular formula is C15H22N2O4. The van der Waals surface area contributed by atoms with Crippen molar-refractivity contribution in [2.45, 2.75) is 26.8 Å². The molecule has 0 aromatic heterocycles. The maximum atomic E-state index is 12.5. The smallest absolute Gasteiger partial charge is 0.325 e. The highest BCUT2D eigenvalue weighted by atomic mass is 16.5. The van der Waals surface area contributed by atoms with Gasteiger partial charge in [-0.15, -0.1) is 0 Å². The van der Waals surface area contributed by atoms with Crippen LogP contribution in [0.5, 0.6) is 5.75 Å². The largest absolute Gasteiger partial charge is 0.495 e. The van der Waals surface area contributed by atoms with Gasteiger partial charge in [-0.3, -0.25) is 9.59 Å². The summed E-state index contributed by atoms with van der Waals surface area (Å²) in [5.41, 5.74) is 6.59. The molecule has 0 saturated carbocycles. The zero-order valence-electron chi connectivity index (χ0n) is 12.9. The second-order valence-electron chi connectivity index (χ2n) is 4.79. The monoisotopic (exact) mass is 294 g/mol. The molecule has 0 bridgehead atoms. The molecule has 0 unspecified atom stereocenters. The van der Waals surface area contributed by atoms with Gasteiger partial charge < -0.3 is 20.1 Å². The van der Waals surface area contributed by atoms with E-state index in [2.05, 4.69) is 0 Å². The normalized spacial score (nSPS) is 10.3. The zero-order valence-corrected chi connectivity index (χ0v) is 12.9. The number of rotatable bonds is 6. The average Bonchev–Trinajstić information content (AvgIpc) is 2.44. The highest BCUT2D eigenvalue weighted by Crippen LogP contribution is 2.23. The first-order valence-corrected chi connectivity index (χ1v) is 6.80. The summed E-state index contributed by atoms with van der Waals surface area (Å²) in [6.07, 6.45) is 0. The van der Waals surface area contributed by atoms with Gasteiger partial charge in [-0.25, -0.2) is 0 Å². The van der Waals surface area contributed by atoms with Crippen molar-refractivity contribution < 1.29 is 19.1 Å². The first kappa shape index (κ1) is 16.8. The number of ether oxygens (including phenoxy) is 2. The van der Waals surface area contributed by atoms with Gasteiger partial charge in [-0.2, -0.15) is 0 Å². The third-order valence-corrected chi connectivity index (χ3v) is 2.97. The first-order chi connectivity index (χ1) is 9.90. The van der Waals surface area contributed by atoms with Crippen LogP contribution in [0.2, 0.25) is 0 Å². The SMILES string of the molecule is CCOC(=O)CN(C(=O)c1ccc(OC)c(N)c1)C(C)C. The minimum absolute atomic E-state index is 0.0870. The van der Waals surface area contributed by atoms with Crippen LogP contribution in [-0.2, 0) is 9.53 Å². The second-order valence-corrected chi connectivity index (χ2v) is 4.79. The van der Waals surface area contributed by atoms with Crippen LogP contribution in [0.15, 0.2) is 18.2 Å². The maximum Gasteiger partial charge on any atom is 0.325 e. The van der Waals surface area contributed by atoms with Crippen LogP contribution >= 0.6 is 0 Å². The van der Waals surface area contributed by atoms with E-state index in [0.29, 0.717) is 17.0 Å². The van der Waals surface area contributed by atoms with Gasteiger partial charge in [-0.1, -0.05) is 0 Å². The van der Waals surface area contributed by atoms with Crippen LogP contribution < -0.4 is 10.5 Å². The fraction of sp³-hybridized carbons (Fsp3) is 0.467. The Hall–Kier alpha value is -2.24. The standard InChI is InChI=1S/C15H22N2O4/c1-5-21-14(18)9-17(10(2)3)15(19)11-6-7-13(20-4)12(16)8-11/h6-8,10H,5,9,16H2,1-4H3. The molecule has 1 amide bonds. The summed E-state index contributed by atoms with van der Waals surface area (Å²) in [6, 6.07) is 4.66. The molecule has 1 aromatic carbocycles. The lowest BCUT2D eigenvalue weighted by molar-refractivity contribution is -0.144. The van der Waals surface area contributed by atoms with Gasteiger partial charge in [0.25, 0.3) is 5.91 Å². The Morgan fingerprint density at radius 1 is 1.33 bits per heavy atom. The highest BCUT2D eigenvalue weighted by Gasteiger charge is 2.22. The molecule has 1 rings (SSSR count). The number of benzene rings is 1. The summed E-state index contributed by atoms with van der Waals surface area (Å²) in [4.78, 5) is 25.5. The topological polar surface area (TPSA) is 81.9 Å². The van der Waals surface area contributed by atoms with Gasteiger partial charge in [0.2, 0.25) is 0 Å². The quantitative estimate of drug-likeness (QED) is 0.638. The molecular weight excluding hydrogens is 272 g/mol. The van der Waals surface area contributed by atoms with Crippen LogP contribution in [0.3, 0.4) is 0 Å². The van der Waals surface area contributed by atoms with Crippen molar-refractivity contribution in [2.24, 2.45) is 0 Å². The number of nitrogen functional groups attached to an aromatic ring is 1. The van der Waals surface area contributed by atoms with E-state index in [0.717, 1.165) is 0 Å². The van der Waals surface area contributed by atoms with Crippen molar-refractivity contribution in [3.05, 3.63) is 23.8 Å². The van der Waals surface area contributed by atoms with Crippen molar-refractivity contribution in [3.63, 3.8) is 0 Å². The average molecular weight is 294 g/mol. The van der Waals surface area contributed by atoms with Gasteiger partial charge >= 0.3 is 5.97 Å². The van der Waals surface area contributed by atoms with E-state index in [-0.39, 0.29) is 25.1 Å². The second kappa shape index (κ2) is 7.52. The molecule has 0 saturated heterocycles. The van der Waals surface area contributed by atoms with Gasteiger partial charge in [0.05, 0.1) is 19.4 Å². The van der Waals surface area contributed by atoms with Crippen LogP contribution in [-0.4, -0.2) is 43.1 Å². The molecule has 0 radical (unpaired) electrons. The number of carbonyl (C=O) groups is 2. The Bertz CT molecular complexity index is 514. The van der Waals surface area contributed by atoms with E-state index < -0.39 is 5.97 Å². The lowest BCUT2D eigenvalue weighted by atomic mass is 10.1. The van der Waals surface area contributed by atoms with Gasteiger partial charge in [0.1, 0.15) is 12.3 Å². The molecule has 0 aliphatic carbocycles. The van der Waals surface area contributed by atoms with E-state index in [9.17, 15) is 9.59 Å². The summed E-state index contributed by atoms with van der Waals surface area (Å²) < 4.78 is 9.95. The van der Waals surface area contributed by atoms with Gasteiger partial charge in [0.15, 0.2) is 0 Å². The number of amides is 1. The summed E-state index contributed by atoms with van der Waals surface area (Å²) in [6.45, 7) is 5.60. The van der Waals surface area contributed by atoms with E-state index >= 15 is 0 Å². The van der Waals surface area contributed by atoms with E-state index in [1.807, 2.05) is 13.8 Å². The van der Waals surface area contributed by atoms with Gasteiger partial charge in [0, 0.05) is 11.6 Å². The number of hydrogen-bond acceptors (Lipinski definition) is 5. The lowest BCUT2D eigenvalue weighted by Gasteiger charge is -2.26. The van der Waals surface area contributed by atoms with Crippen LogP contribution in [0.4, 0.5) is 5.69 Å². The molecule has 21 heavy (non-hydrogen) atoms. The Labute approximate surface area is 124 Å². The zero-order chi connectivity index (χ0) is 16.0. The molecule has 1 aromatic rings. The van der Waals surface area contributed by atoms with Crippen molar-refractivity contribution in [1.29, 1.82) is 0 Å². The number of carbonyl (C=O) groups excluding carboxylic acids is 2. The Kier molecular flexibility index (Phi) is 6.02. The van der Waals surface area contributed by atoms with E-state index in [1.165, 1.54) is 12.0 Å². The van der Waals surface area contributed by atoms with Gasteiger partial charge in [-0.05, 0) is 39.0 Å². The number of hydrogen-bond donors (Lipinski definition) is 1. The molecule has 0 spiro atoms. The summed E-state index contributed by atoms with van der Waals surface area (Å²) in [5, 5.41) is 0. The predicted octanol–water partition coefficient (Wildman–Crippen LogP) is 1.69. The number of esters is 1. The maximum absolute atomic E-state index is 12.5. The van der Waals surface area contributed by atoms with Crippen LogP contribution in [0, 0.1) is 0 Å². The molecule has 0 heterocycles. The Morgan fingerprint density at radius 3 is 2.48 bits per heavy atom. The molecule has 0 fully saturated rings. The lowest BCUT2D eigenvalue weighted by Crippen LogP contribution is -2.41. The number of nitrogens with zero attached hydrogens (tertiary/aromatic N) is 1. The fourth-order valence-electron chi connectivity index (χ4n) is 1.87. The molecule has 116 valence electrons. The van der Waals surface area contributed by atoms with Crippen molar-refractivity contribution in [1.82, 2.24) is 4.90 Å². The number of nitrogens with two attached hydrogens (primary N) is 1. The molecule has 0 atom stereocenters. The minimum Gasteiger partial charge on any atom is -0.495 e. The first-order valence-electron chi connectivity index (χ1n) is 6.80. The Morgan fingerprint density at radius 2 is 2.00 bits per heavy atom. The summed E-state index contributed by atoms with van der Waals surface area (Å²) >= 11 is 0. The molecule has 6 heteroatoms. The molecule has 2 N–H and O–H groups in total. The molecule has 6 nitrogen and oxygen atoms in total. The number of anilines is 1. The fourth-order valence-corrected chi connectivity index (χ4v) is 1.87. The third-order valence-electron chi connectivity index (χ3n) is 2.97. The van der Waals surface area contributed by atoms with Crippen LogP contribution in [0.1, 0.15) is 31.1 Å². The van der Waals surface area contributed by atoms with E-state index in [4.69, 9.17) is 15.2 Å². The van der Waals surface area contributed by atoms with Crippen molar-refractivity contribution in [3.8, 4) is 5.75 Å². The highest BCUT2D eigenvalue weighted by molar-refractivity contribution is 5.97. The van der Waals surface area contributed by atoms with E-state index in [1.54, 1.807) is 25.1 Å².